The Morgan fingerprint density at radius 3 is 2.74 bits per heavy atom. The van der Waals surface area contributed by atoms with Crippen LogP contribution >= 0.6 is 0 Å². The Bertz CT molecular complexity index is 1020. The lowest BCUT2D eigenvalue weighted by Gasteiger charge is -2.05. The molecule has 3 rings (SSSR count). The van der Waals surface area contributed by atoms with Crippen LogP contribution in [0, 0.1) is 11.8 Å². The van der Waals surface area contributed by atoms with E-state index in [9.17, 15) is 9.59 Å². The van der Waals surface area contributed by atoms with Crippen molar-refractivity contribution in [2.24, 2.45) is 0 Å². The number of aromatic nitrogens is 2. The molecule has 7 nitrogen and oxygen atoms in total. The first kappa shape index (κ1) is 18.0. The minimum absolute atomic E-state index is 0.308. The number of nitrogens with one attached hydrogen (secondary N) is 3. The lowest BCUT2D eigenvalue weighted by Crippen LogP contribution is -2.34. The van der Waals surface area contributed by atoms with Crippen molar-refractivity contribution in [3.63, 3.8) is 0 Å². The van der Waals surface area contributed by atoms with Gasteiger partial charge in [0.25, 0.3) is 5.91 Å². The second-order valence-corrected chi connectivity index (χ2v) is 5.55. The molecule has 3 amide bonds. The van der Waals surface area contributed by atoms with E-state index in [2.05, 4.69) is 32.7 Å². The highest BCUT2D eigenvalue weighted by atomic mass is 16.5. The summed E-state index contributed by atoms with van der Waals surface area (Å²) in [5.74, 6) is 6.31. The number of rotatable bonds is 4. The minimum atomic E-state index is -0.660. The zero-order chi connectivity index (χ0) is 19.1. The van der Waals surface area contributed by atoms with Gasteiger partial charge in [0, 0.05) is 23.4 Å². The largest absolute Gasteiger partial charge is 0.481 e. The number of aromatic amines is 1. The molecule has 0 saturated carbocycles. The molecular weight excluding hydrogens is 344 g/mol. The second-order valence-electron chi connectivity index (χ2n) is 5.55. The minimum Gasteiger partial charge on any atom is -0.481 e. The summed E-state index contributed by atoms with van der Waals surface area (Å²) in [6.07, 6.45) is 0.785. The number of H-pyrrole nitrogens is 1. The van der Waals surface area contributed by atoms with Crippen molar-refractivity contribution in [1.82, 2.24) is 15.5 Å². The molecule has 3 N–H and O–H groups in total. The molecule has 0 spiro atoms. The smallest absolute Gasteiger partial charge is 0.327 e. The Balaban J connectivity index is 1.65. The van der Waals surface area contributed by atoms with Crippen LogP contribution < -0.4 is 15.4 Å². The van der Waals surface area contributed by atoms with E-state index < -0.39 is 11.9 Å². The Kier molecular flexibility index (Phi) is 5.70. The Hall–Kier alpha value is -3.79. The fourth-order valence-corrected chi connectivity index (χ4v) is 2.38. The van der Waals surface area contributed by atoms with E-state index in [0.29, 0.717) is 34.6 Å². The van der Waals surface area contributed by atoms with Gasteiger partial charge in [-0.25, -0.2) is 4.79 Å². The van der Waals surface area contributed by atoms with Crippen LogP contribution in [0.1, 0.15) is 23.7 Å². The molecule has 0 aliphatic heterocycles. The van der Waals surface area contributed by atoms with Crippen LogP contribution in [0.2, 0.25) is 0 Å². The molecule has 136 valence electrons. The van der Waals surface area contributed by atoms with Gasteiger partial charge in [-0.05, 0) is 24.3 Å². The molecule has 3 aromatic rings. The molecule has 0 bridgehead atoms. The topological polar surface area (TPSA) is 96.1 Å². The maximum Gasteiger partial charge on any atom is 0.327 e. The highest BCUT2D eigenvalue weighted by Gasteiger charge is 2.13. The molecule has 0 aliphatic carbocycles. The van der Waals surface area contributed by atoms with Crippen LogP contribution in [0.3, 0.4) is 0 Å². The molecule has 0 unspecified atom stereocenters. The van der Waals surface area contributed by atoms with Crippen molar-refractivity contribution in [3.05, 3.63) is 54.1 Å². The number of imide groups is 1. The number of ether oxygens (including phenoxy) is 1. The van der Waals surface area contributed by atoms with Gasteiger partial charge in [-0.3, -0.25) is 20.5 Å². The SMILES string of the molecule is CCC#CCOc1ccc2c(NC(=O)NC(=O)c3ccccc3)n[nH]c2c1. The second kappa shape index (κ2) is 8.54. The van der Waals surface area contributed by atoms with Crippen molar-refractivity contribution in [3.8, 4) is 17.6 Å². The molecule has 0 aliphatic rings. The average molecular weight is 362 g/mol. The fraction of sp³-hybridized carbons (Fsp3) is 0.150. The third-order valence-corrected chi connectivity index (χ3v) is 3.64. The summed E-state index contributed by atoms with van der Waals surface area (Å²) in [5.41, 5.74) is 1.09. The molecule has 7 heteroatoms. The number of carbonyl (C=O) groups excluding carboxylic acids is 2. The van der Waals surface area contributed by atoms with Crippen LogP contribution in [0.4, 0.5) is 10.6 Å². The van der Waals surface area contributed by atoms with Crippen LogP contribution in [0.25, 0.3) is 10.9 Å². The summed E-state index contributed by atoms with van der Waals surface area (Å²) in [6.45, 7) is 2.28. The van der Waals surface area contributed by atoms with Crippen molar-refractivity contribution >= 4 is 28.7 Å². The molecule has 0 radical (unpaired) electrons. The van der Waals surface area contributed by atoms with Crippen molar-refractivity contribution in [1.29, 1.82) is 0 Å². The first-order chi connectivity index (χ1) is 13.2. The third-order valence-electron chi connectivity index (χ3n) is 3.64. The van der Waals surface area contributed by atoms with Crippen LogP contribution in [0.5, 0.6) is 5.75 Å². The standard InChI is InChI=1S/C20H18N4O3/c1-2-3-7-12-27-15-10-11-16-17(13-15)23-24-18(16)21-20(26)22-19(25)14-8-5-4-6-9-14/h4-6,8-11,13H,2,12H2,1H3,(H3,21,22,23,24,25,26). The van der Waals surface area contributed by atoms with Crippen LogP contribution in [0.15, 0.2) is 48.5 Å². The van der Waals surface area contributed by atoms with E-state index in [1.807, 2.05) is 6.92 Å². The maximum absolute atomic E-state index is 12.1. The molecule has 27 heavy (non-hydrogen) atoms. The quantitative estimate of drug-likeness (QED) is 0.620. The number of nitrogens with zero attached hydrogens (tertiary/aromatic N) is 1. The number of carbonyl (C=O) groups is 2. The predicted octanol–water partition coefficient (Wildman–Crippen LogP) is 3.32. The average Bonchev–Trinajstić information content (AvgIpc) is 3.08. The van der Waals surface area contributed by atoms with Gasteiger partial charge in [0.15, 0.2) is 5.82 Å². The molecule has 2 aromatic carbocycles. The zero-order valence-electron chi connectivity index (χ0n) is 14.7. The Labute approximate surface area is 156 Å². The van der Waals surface area contributed by atoms with Crippen molar-refractivity contribution in [2.45, 2.75) is 13.3 Å². The summed E-state index contributed by atoms with van der Waals surface area (Å²) >= 11 is 0. The molecule has 1 aromatic heterocycles. The van der Waals surface area contributed by atoms with Gasteiger partial charge in [0.05, 0.1) is 5.52 Å². The number of benzene rings is 2. The van der Waals surface area contributed by atoms with Gasteiger partial charge in [0.1, 0.15) is 12.4 Å². The van der Waals surface area contributed by atoms with Gasteiger partial charge in [-0.2, -0.15) is 5.10 Å². The maximum atomic E-state index is 12.1. The van der Waals surface area contributed by atoms with Gasteiger partial charge in [0.2, 0.25) is 0 Å². The number of amides is 3. The fourth-order valence-electron chi connectivity index (χ4n) is 2.38. The van der Waals surface area contributed by atoms with E-state index in [1.165, 1.54) is 0 Å². The van der Waals surface area contributed by atoms with Crippen LogP contribution in [-0.4, -0.2) is 28.7 Å². The van der Waals surface area contributed by atoms with Gasteiger partial charge >= 0.3 is 6.03 Å². The number of urea groups is 1. The molecule has 0 saturated heterocycles. The normalized spacial score (nSPS) is 9.96. The lowest BCUT2D eigenvalue weighted by atomic mass is 10.2. The molecule has 0 atom stereocenters. The molecule has 0 fully saturated rings. The number of hydrogen-bond acceptors (Lipinski definition) is 4. The van der Waals surface area contributed by atoms with Gasteiger partial charge in [-0.15, -0.1) is 5.92 Å². The van der Waals surface area contributed by atoms with Crippen LogP contribution in [-0.2, 0) is 0 Å². The van der Waals surface area contributed by atoms with Crippen molar-refractivity contribution < 1.29 is 14.3 Å². The first-order valence-electron chi connectivity index (χ1n) is 8.41. The first-order valence-corrected chi connectivity index (χ1v) is 8.41. The lowest BCUT2D eigenvalue weighted by molar-refractivity contribution is 0.0967. The summed E-state index contributed by atoms with van der Waals surface area (Å²) in [6, 6.07) is 13.1. The molecule has 1 heterocycles. The summed E-state index contributed by atoms with van der Waals surface area (Å²) in [4.78, 5) is 24.1. The number of hydrogen-bond donors (Lipinski definition) is 3. The van der Waals surface area contributed by atoms with E-state index in [0.717, 1.165) is 6.42 Å². The van der Waals surface area contributed by atoms with E-state index in [1.54, 1.807) is 48.5 Å². The summed E-state index contributed by atoms with van der Waals surface area (Å²) < 4.78 is 5.54. The van der Waals surface area contributed by atoms with Crippen molar-refractivity contribution in [2.75, 3.05) is 11.9 Å². The zero-order valence-corrected chi connectivity index (χ0v) is 14.7. The third kappa shape index (κ3) is 4.64. The summed E-state index contributed by atoms with van der Waals surface area (Å²) in [7, 11) is 0. The van der Waals surface area contributed by atoms with Gasteiger partial charge in [-0.1, -0.05) is 31.0 Å². The monoisotopic (exact) mass is 362 g/mol. The molecular formula is C20H18N4O3. The number of fused-ring (bicyclic) bond motifs is 1. The van der Waals surface area contributed by atoms with E-state index in [4.69, 9.17) is 4.74 Å². The Morgan fingerprint density at radius 1 is 1.15 bits per heavy atom. The van der Waals surface area contributed by atoms with Gasteiger partial charge < -0.3 is 4.74 Å². The summed E-state index contributed by atoms with van der Waals surface area (Å²) in [5, 5.41) is 12.4. The highest BCUT2D eigenvalue weighted by Crippen LogP contribution is 2.24. The number of anilines is 1. The predicted molar refractivity (Wildman–Crippen MR) is 103 cm³/mol. The Morgan fingerprint density at radius 2 is 1.96 bits per heavy atom. The highest BCUT2D eigenvalue weighted by molar-refractivity contribution is 6.09. The van der Waals surface area contributed by atoms with E-state index >= 15 is 0 Å². The van der Waals surface area contributed by atoms with E-state index in [-0.39, 0.29) is 0 Å².